The molecule has 0 radical (unpaired) electrons. The van der Waals surface area contributed by atoms with E-state index < -0.39 is 0 Å². The van der Waals surface area contributed by atoms with E-state index in [2.05, 4.69) is 15.5 Å². The number of phenols is 1. The van der Waals surface area contributed by atoms with E-state index in [0.29, 0.717) is 11.6 Å². The third kappa shape index (κ3) is 2.99. The maximum Gasteiger partial charge on any atom is 0.160 e. The lowest BCUT2D eigenvalue weighted by Gasteiger charge is -2.07. The van der Waals surface area contributed by atoms with E-state index in [1.165, 1.54) is 0 Å². The SMILES string of the molecule is Oc1c(Cl)cccc1CNCCc1nnc2ccccn12. The number of pyridine rings is 1. The van der Waals surface area contributed by atoms with E-state index >= 15 is 0 Å². The van der Waals surface area contributed by atoms with Crippen LogP contribution in [0, 0.1) is 0 Å². The van der Waals surface area contributed by atoms with Gasteiger partial charge >= 0.3 is 0 Å². The number of fused-ring (bicyclic) bond motifs is 1. The van der Waals surface area contributed by atoms with E-state index in [1.54, 1.807) is 6.07 Å². The average molecular weight is 303 g/mol. The zero-order valence-electron chi connectivity index (χ0n) is 11.3. The van der Waals surface area contributed by atoms with Gasteiger partial charge in [0.25, 0.3) is 0 Å². The number of para-hydroxylation sites is 1. The Kier molecular flexibility index (Phi) is 4.03. The van der Waals surface area contributed by atoms with Crippen LogP contribution in [0.2, 0.25) is 5.02 Å². The van der Waals surface area contributed by atoms with E-state index in [9.17, 15) is 5.11 Å². The number of hydrogen-bond acceptors (Lipinski definition) is 4. The van der Waals surface area contributed by atoms with Crippen LogP contribution in [0.15, 0.2) is 42.6 Å². The van der Waals surface area contributed by atoms with Gasteiger partial charge in [-0.3, -0.25) is 4.40 Å². The number of rotatable bonds is 5. The van der Waals surface area contributed by atoms with Crippen molar-refractivity contribution in [1.29, 1.82) is 0 Å². The predicted molar refractivity (Wildman–Crippen MR) is 81.5 cm³/mol. The first-order valence-corrected chi connectivity index (χ1v) is 7.09. The largest absolute Gasteiger partial charge is 0.506 e. The molecule has 0 spiro atoms. The van der Waals surface area contributed by atoms with Gasteiger partial charge < -0.3 is 10.4 Å². The first-order chi connectivity index (χ1) is 10.3. The number of benzene rings is 1. The second-order valence-electron chi connectivity index (χ2n) is 4.72. The zero-order chi connectivity index (χ0) is 14.7. The smallest absolute Gasteiger partial charge is 0.160 e. The van der Waals surface area contributed by atoms with Gasteiger partial charge in [0.15, 0.2) is 5.65 Å². The van der Waals surface area contributed by atoms with Gasteiger partial charge in [-0.15, -0.1) is 10.2 Å². The molecular formula is C15H15ClN4O. The lowest BCUT2D eigenvalue weighted by molar-refractivity contribution is 0.465. The molecule has 0 saturated carbocycles. The molecule has 0 fully saturated rings. The van der Waals surface area contributed by atoms with Crippen molar-refractivity contribution in [1.82, 2.24) is 19.9 Å². The third-order valence-corrected chi connectivity index (χ3v) is 3.60. The summed E-state index contributed by atoms with van der Waals surface area (Å²) in [6.07, 6.45) is 2.71. The number of hydrogen-bond donors (Lipinski definition) is 2. The number of halogens is 1. The normalized spacial score (nSPS) is 11.1. The van der Waals surface area contributed by atoms with E-state index in [0.717, 1.165) is 30.0 Å². The van der Waals surface area contributed by atoms with Crippen LogP contribution in [0.5, 0.6) is 5.75 Å². The van der Waals surface area contributed by atoms with Gasteiger partial charge in [-0.1, -0.05) is 29.8 Å². The summed E-state index contributed by atoms with van der Waals surface area (Å²) in [6, 6.07) is 11.2. The average Bonchev–Trinajstić information content (AvgIpc) is 2.91. The quantitative estimate of drug-likeness (QED) is 0.711. The summed E-state index contributed by atoms with van der Waals surface area (Å²) in [5, 5.41) is 21.8. The first-order valence-electron chi connectivity index (χ1n) is 6.71. The Morgan fingerprint density at radius 2 is 2.05 bits per heavy atom. The van der Waals surface area contributed by atoms with Gasteiger partial charge in [0.05, 0.1) is 5.02 Å². The van der Waals surface area contributed by atoms with Crippen molar-refractivity contribution in [2.45, 2.75) is 13.0 Å². The Bertz CT molecular complexity index is 756. The Labute approximate surface area is 127 Å². The Balaban J connectivity index is 1.58. The molecule has 2 N–H and O–H groups in total. The minimum atomic E-state index is 0.139. The second kappa shape index (κ2) is 6.11. The number of aromatic nitrogens is 3. The van der Waals surface area contributed by atoms with Crippen LogP contribution in [-0.4, -0.2) is 26.2 Å². The van der Waals surface area contributed by atoms with Crippen molar-refractivity contribution >= 4 is 17.2 Å². The molecule has 3 rings (SSSR count). The van der Waals surface area contributed by atoms with Crippen LogP contribution < -0.4 is 5.32 Å². The fraction of sp³-hybridized carbons (Fsp3) is 0.200. The van der Waals surface area contributed by atoms with Gasteiger partial charge in [-0.25, -0.2) is 0 Å². The van der Waals surface area contributed by atoms with Crippen LogP contribution in [0.4, 0.5) is 0 Å². The molecule has 3 aromatic rings. The zero-order valence-corrected chi connectivity index (χ0v) is 12.1. The summed E-state index contributed by atoms with van der Waals surface area (Å²) >= 11 is 5.87. The molecule has 2 heterocycles. The number of nitrogens with one attached hydrogen (secondary N) is 1. The monoisotopic (exact) mass is 302 g/mol. The van der Waals surface area contributed by atoms with Crippen molar-refractivity contribution in [3.05, 3.63) is 59.0 Å². The highest BCUT2D eigenvalue weighted by atomic mass is 35.5. The topological polar surface area (TPSA) is 62.5 Å². The highest BCUT2D eigenvalue weighted by Crippen LogP contribution is 2.26. The molecule has 0 aliphatic heterocycles. The molecule has 2 aromatic heterocycles. The molecular weight excluding hydrogens is 288 g/mol. The Hall–Kier alpha value is -2.11. The highest BCUT2D eigenvalue weighted by Gasteiger charge is 2.06. The lowest BCUT2D eigenvalue weighted by Crippen LogP contribution is -2.17. The molecule has 0 amide bonds. The van der Waals surface area contributed by atoms with Gasteiger partial charge in [-0.2, -0.15) is 0 Å². The van der Waals surface area contributed by atoms with Crippen molar-refractivity contribution in [2.75, 3.05) is 6.54 Å². The molecule has 0 atom stereocenters. The van der Waals surface area contributed by atoms with Crippen LogP contribution in [0.3, 0.4) is 0 Å². The molecule has 21 heavy (non-hydrogen) atoms. The molecule has 0 aliphatic rings. The van der Waals surface area contributed by atoms with Crippen LogP contribution in [0.1, 0.15) is 11.4 Å². The maximum absolute atomic E-state index is 9.82. The van der Waals surface area contributed by atoms with Gasteiger partial charge in [0, 0.05) is 31.3 Å². The van der Waals surface area contributed by atoms with Crippen molar-refractivity contribution in [3.8, 4) is 5.75 Å². The Morgan fingerprint density at radius 3 is 2.95 bits per heavy atom. The predicted octanol–water partition coefficient (Wildman–Crippen LogP) is 2.42. The fourth-order valence-electron chi connectivity index (χ4n) is 2.19. The second-order valence-corrected chi connectivity index (χ2v) is 5.13. The van der Waals surface area contributed by atoms with Crippen LogP contribution in [0.25, 0.3) is 5.65 Å². The first kappa shape index (κ1) is 13.9. The molecule has 108 valence electrons. The molecule has 0 unspecified atom stereocenters. The minimum Gasteiger partial charge on any atom is -0.506 e. The Morgan fingerprint density at radius 1 is 1.14 bits per heavy atom. The minimum absolute atomic E-state index is 0.139. The summed E-state index contributed by atoms with van der Waals surface area (Å²) in [4.78, 5) is 0. The van der Waals surface area contributed by atoms with Crippen molar-refractivity contribution in [2.24, 2.45) is 0 Å². The highest BCUT2D eigenvalue weighted by molar-refractivity contribution is 6.32. The summed E-state index contributed by atoms with van der Waals surface area (Å²) < 4.78 is 1.97. The van der Waals surface area contributed by atoms with E-state index in [-0.39, 0.29) is 5.75 Å². The summed E-state index contributed by atoms with van der Waals surface area (Å²) in [5.41, 5.74) is 1.63. The van der Waals surface area contributed by atoms with Crippen LogP contribution >= 0.6 is 11.6 Å². The summed E-state index contributed by atoms with van der Waals surface area (Å²) in [5.74, 6) is 1.05. The molecule has 5 nitrogen and oxygen atoms in total. The fourth-order valence-corrected chi connectivity index (χ4v) is 2.38. The summed E-state index contributed by atoms with van der Waals surface area (Å²) in [6.45, 7) is 1.30. The standard InChI is InChI=1S/C15H15ClN4O/c16-12-5-3-4-11(15(12)21)10-17-8-7-14-19-18-13-6-1-2-9-20(13)14/h1-6,9,17,21H,7-8,10H2. The number of aromatic hydroxyl groups is 1. The molecule has 0 bridgehead atoms. The molecule has 6 heteroatoms. The molecule has 0 aliphatic carbocycles. The van der Waals surface area contributed by atoms with Gasteiger partial charge in [-0.05, 0) is 18.2 Å². The van der Waals surface area contributed by atoms with Gasteiger partial charge in [0.2, 0.25) is 0 Å². The molecule has 0 saturated heterocycles. The van der Waals surface area contributed by atoms with E-state index in [4.69, 9.17) is 11.6 Å². The summed E-state index contributed by atoms with van der Waals surface area (Å²) in [7, 11) is 0. The van der Waals surface area contributed by atoms with Crippen molar-refractivity contribution < 1.29 is 5.11 Å². The maximum atomic E-state index is 9.82. The number of phenolic OH excluding ortho intramolecular Hbond substituents is 1. The third-order valence-electron chi connectivity index (χ3n) is 3.30. The molecule has 1 aromatic carbocycles. The van der Waals surface area contributed by atoms with Crippen LogP contribution in [-0.2, 0) is 13.0 Å². The van der Waals surface area contributed by atoms with E-state index in [1.807, 2.05) is 40.9 Å². The number of nitrogens with zero attached hydrogens (tertiary/aromatic N) is 3. The van der Waals surface area contributed by atoms with Crippen molar-refractivity contribution in [3.63, 3.8) is 0 Å². The lowest BCUT2D eigenvalue weighted by atomic mass is 10.2. The van der Waals surface area contributed by atoms with Gasteiger partial charge in [0.1, 0.15) is 11.6 Å².